The van der Waals surface area contributed by atoms with E-state index < -0.39 is 47.7 Å². The maximum atomic E-state index is 13.5. The van der Waals surface area contributed by atoms with Gasteiger partial charge in [0.05, 0.1) is 18.0 Å². The van der Waals surface area contributed by atoms with E-state index in [2.05, 4.69) is 5.32 Å². The highest BCUT2D eigenvalue weighted by Crippen LogP contribution is 2.32. The van der Waals surface area contributed by atoms with E-state index in [4.69, 9.17) is 9.84 Å². The van der Waals surface area contributed by atoms with E-state index in [1.807, 2.05) is 0 Å². The van der Waals surface area contributed by atoms with Crippen molar-refractivity contribution >= 4 is 12.1 Å². The van der Waals surface area contributed by atoms with E-state index in [0.29, 0.717) is 6.07 Å². The van der Waals surface area contributed by atoms with E-state index in [-0.39, 0.29) is 11.6 Å². The van der Waals surface area contributed by atoms with Gasteiger partial charge in [0.2, 0.25) is 0 Å². The van der Waals surface area contributed by atoms with Crippen LogP contribution in [0.15, 0.2) is 18.2 Å². The minimum Gasteiger partial charge on any atom is -0.481 e. The van der Waals surface area contributed by atoms with Crippen molar-refractivity contribution in [1.29, 1.82) is 0 Å². The number of alkyl carbamates (subject to hydrolysis) is 1. The summed E-state index contributed by atoms with van der Waals surface area (Å²) in [7, 11) is 0. The lowest BCUT2D eigenvalue weighted by atomic mass is 10.0. The van der Waals surface area contributed by atoms with Crippen molar-refractivity contribution < 1.29 is 37.0 Å². The molecule has 1 atom stereocenters. The van der Waals surface area contributed by atoms with Gasteiger partial charge in [0.1, 0.15) is 11.4 Å². The molecule has 9 heteroatoms. The third-order valence-corrected chi connectivity index (χ3v) is 2.72. The van der Waals surface area contributed by atoms with E-state index in [1.165, 1.54) is 0 Å². The van der Waals surface area contributed by atoms with Crippen LogP contribution in [0.2, 0.25) is 0 Å². The molecule has 0 aliphatic carbocycles. The first-order valence-corrected chi connectivity index (χ1v) is 6.87. The van der Waals surface area contributed by atoms with Gasteiger partial charge in [0, 0.05) is 0 Å². The van der Waals surface area contributed by atoms with Crippen LogP contribution in [0.3, 0.4) is 0 Å². The van der Waals surface area contributed by atoms with Gasteiger partial charge in [-0.15, -0.1) is 0 Å². The molecule has 0 unspecified atom stereocenters. The average Bonchev–Trinajstić information content (AvgIpc) is 2.33. The molecule has 1 aromatic carbocycles. The summed E-state index contributed by atoms with van der Waals surface area (Å²) >= 11 is 0. The molecule has 24 heavy (non-hydrogen) atoms. The molecule has 1 aromatic rings. The van der Waals surface area contributed by atoms with E-state index in [1.54, 1.807) is 20.8 Å². The number of hydrogen-bond acceptors (Lipinski definition) is 3. The van der Waals surface area contributed by atoms with Crippen LogP contribution in [0.5, 0.6) is 0 Å². The number of amides is 1. The van der Waals surface area contributed by atoms with Crippen molar-refractivity contribution in [3.05, 3.63) is 35.1 Å². The van der Waals surface area contributed by atoms with Gasteiger partial charge in [0.25, 0.3) is 0 Å². The molecule has 1 rings (SSSR count). The summed E-state index contributed by atoms with van der Waals surface area (Å²) in [4.78, 5) is 22.7. The maximum Gasteiger partial charge on any atom is 0.416 e. The second-order valence-electron chi connectivity index (χ2n) is 6.07. The number of carboxylic acids is 1. The van der Waals surface area contributed by atoms with Crippen LogP contribution in [0.1, 0.15) is 44.4 Å². The lowest BCUT2D eigenvalue weighted by Crippen LogP contribution is -2.36. The normalized spacial score (nSPS) is 13.3. The van der Waals surface area contributed by atoms with Gasteiger partial charge in [-0.05, 0) is 44.5 Å². The number of aliphatic carboxylic acids is 1. The maximum absolute atomic E-state index is 13.5. The second kappa shape index (κ2) is 7.06. The first kappa shape index (κ1) is 19.7. The SMILES string of the molecule is CC(C)(C)OC(=O)N[C@H](CC(=O)O)c1cc(F)cc(C(F)(F)F)c1. The minimum atomic E-state index is -4.81. The Balaban J connectivity index is 3.15. The number of halogens is 4. The third kappa shape index (κ3) is 6.43. The van der Waals surface area contributed by atoms with Crippen LogP contribution in [-0.4, -0.2) is 22.8 Å². The van der Waals surface area contributed by atoms with E-state index in [9.17, 15) is 27.2 Å². The largest absolute Gasteiger partial charge is 0.481 e. The zero-order chi connectivity index (χ0) is 18.7. The zero-order valence-corrected chi connectivity index (χ0v) is 13.2. The highest BCUT2D eigenvalue weighted by atomic mass is 19.4. The molecule has 0 aromatic heterocycles. The van der Waals surface area contributed by atoms with Crippen molar-refractivity contribution in [2.45, 2.75) is 45.0 Å². The van der Waals surface area contributed by atoms with Crippen molar-refractivity contribution in [3.63, 3.8) is 0 Å². The van der Waals surface area contributed by atoms with Gasteiger partial charge in [0.15, 0.2) is 0 Å². The van der Waals surface area contributed by atoms with Gasteiger partial charge in [-0.2, -0.15) is 13.2 Å². The van der Waals surface area contributed by atoms with Crippen molar-refractivity contribution in [2.75, 3.05) is 0 Å². The fourth-order valence-corrected chi connectivity index (χ4v) is 1.85. The fourth-order valence-electron chi connectivity index (χ4n) is 1.85. The quantitative estimate of drug-likeness (QED) is 0.807. The fraction of sp³-hybridized carbons (Fsp3) is 0.467. The molecule has 0 heterocycles. The van der Waals surface area contributed by atoms with Gasteiger partial charge in [-0.25, -0.2) is 9.18 Å². The summed E-state index contributed by atoms with van der Waals surface area (Å²) in [6.07, 6.45) is -6.57. The number of carbonyl (C=O) groups excluding carboxylic acids is 1. The number of hydrogen-bond donors (Lipinski definition) is 2. The molecule has 2 N–H and O–H groups in total. The highest BCUT2D eigenvalue weighted by molar-refractivity contribution is 5.72. The molecule has 0 saturated carbocycles. The molecule has 134 valence electrons. The number of nitrogens with one attached hydrogen (secondary N) is 1. The Kier molecular flexibility index (Phi) is 5.80. The summed E-state index contributed by atoms with van der Waals surface area (Å²) in [6, 6.07) is 0.234. The van der Waals surface area contributed by atoms with Gasteiger partial charge < -0.3 is 15.2 Å². The van der Waals surface area contributed by atoms with Gasteiger partial charge in [-0.1, -0.05) is 0 Å². The second-order valence-corrected chi connectivity index (χ2v) is 6.07. The first-order chi connectivity index (χ1) is 10.8. The van der Waals surface area contributed by atoms with Gasteiger partial charge >= 0.3 is 18.2 Å². The number of benzene rings is 1. The Morgan fingerprint density at radius 2 is 1.79 bits per heavy atom. The molecule has 0 spiro atoms. The Hall–Kier alpha value is -2.32. The van der Waals surface area contributed by atoms with Crippen LogP contribution in [0.25, 0.3) is 0 Å². The number of ether oxygens (including phenoxy) is 1. The molecule has 0 saturated heterocycles. The number of alkyl halides is 3. The van der Waals surface area contributed by atoms with Crippen LogP contribution in [0.4, 0.5) is 22.4 Å². The molecule has 0 aliphatic rings. The summed E-state index contributed by atoms with van der Waals surface area (Å²) in [5, 5.41) is 11.0. The lowest BCUT2D eigenvalue weighted by molar-refractivity contribution is -0.138. The zero-order valence-electron chi connectivity index (χ0n) is 13.2. The van der Waals surface area contributed by atoms with E-state index in [0.717, 1.165) is 6.07 Å². The Bertz CT molecular complexity index is 623. The summed E-state index contributed by atoms with van der Waals surface area (Å²) in [5.74, 6) is -2.57. The predicted octanol–water partition coefficient (Wildman–Crippen LogP) is 3.89. The third-order valence-electron chi connectivity index (χ3n) is 2.72. The first-order valence-electron chi connectivity index (χ1n) is 6.87. The van der Waals surface area contributed by atoms with Crippen LogP contribution < -0.4 is 5.32 Å². The number of rotatable bonds is 4. The smallest absolute Gasteiger partial charge is 0.416 e. The molecule has 0 radical (unpaired) electrons. The van der Waals surface area contributed by atoms with Crippen molar-refractivity contribution in [1.82, 2.24) is 5.32 Å². The molecular formula is C15H17F4NO4. The Labute approximate surface area is 135 Å². The molecule has 0 bridgehead atoms. The highest BCUT2D eigenvalue weighted by Gasteiger charge is 2.32. The van der Waals surface area contributed by atoms with Crippen LogP contribution >= 0.6 is 0 Å². The van der Waals surface area contributed by atoms with Crippen LogP contribution in [0, 0.1) is 5.82 Å². The monoisotopic (exact) mass is 351 g/mol. The molecular weight excluding hydrogens is 334 g/mol. The van der Waals surface area contributed by atoms with Crippen molar-refractivity contribution in [2.24, 2.45) is 0 Å². The molecule has 0 fully saturated rings. The Morgan fingerprint density at radius 3 is 2.25 bits per heavy atom. The topological polar surface area (TPSA) is 75.6 Å². The summed E-state index contributed by atoms with van der Waals surface area (Å²) < 4.78 is 56.7. The van der Waals surface area contributed by atoms with E-state index >= 15 is 0 Å². The van der Waals surface area contributed by atoms with Crippen molar-refractivity contribution in [3.8, 4) is 0 Å². The molecule has 0 aliphatic heterocycles. The molecule has 5 nitrogen and oxygen atoms in total. The number of carbonyl (C=O) groups is 2. The average molecular weight is 351 g/mol. The predicted molar refractivity (Wildman–Crippen MR) is 75.8 cm³/mol. The summed E-state index contributed by atoms with van der Waals surface area (Å²) in [5.41, 5.74) is -2.49. The molecule has 1 amide bonds. The summed E-state index contributed by atoms with van der Waals surface area (Å²) in [6.45, 7) is 4.67. The standard InChI is InChI=1S/C15H17F4NO4/c1-14(2,3)24-13(23)20-11(7-12(21)22)8-4-9(15(17,18)19)6-10(16)5-8/h4-6,11H,7H2,1-3H3,(H,20,23)(H,21,22)/t11-/m1/s1. The number of carboxylic acid groups (broad SMARTS) is 1. The van der Waals surface area contributed by atoms with Crippen LogP contribution in [-0.2, 0) is 15.7 Å². The van der Waals surface area contributed by atoms with Gasteiger partial charge in [-0.3, -0.25) is 4.79 Å². The minimum absolute atomic E-state index is 0.287. The lowest BCUT2D eigenvalue weighted by Gasteiger charge is -2.23. The Morgan fingerprint density at radius 1 is 1.21 bits per heavy atom.